The van der Waals surface area contributed by atoms with Gasteiger partial charge in [0, 0.05) is 23.2 Å². The van der Waals surface area contributed by atoms with Crippen molar-refractivity contribution in [3.63, 3.8) is 0 Å². The number of unbranched alkanes of at least 4 members (excludes halogenated alkanes) is 1. The van der Waals surface area contributed by atoms with Gasteiger partial charge in [-0.3, -0.25) is 9.59 Å². The standard InChI is InChI=1S/C24H36F3N3O2/c1-5-6-8-16-14-19(30-23(2,3)4)11-12-20(16)29-21(31)15-28-22(32)17-9-7-10-18(13-17)24(25,26)27/h7,9-10,13,16,19-20,30H,5-6,8,11-12,14-15H2,1-4H3,(H,28,32)(H,29,31)/t16-,19-,20+/m1/s1. The lowest BCUT2D eigenvalue weighted by molar-refractivity contribution is -0.137. The minimum Gasteiger partial charge on any atom is -0.352 e. The number of amides is 2. The number of rotatable bonds is 8. The first-order chi connectivity index (χ1) is 14.9. The molecule has 32 heavy (non-hydrogen) atoms. The summed E-state index contributed by atoms with van der Waals surface area (Å²) in [5, 5.41) is 9.14. The molecule has 180 valence electrons. The van der Waals surface area contributed by atoms with Gasteiger partial charge in [-0.05, 0) is 70.6 Å². The number of carbonyl (C=O) groups is 2. The third kappa shape index (κ3) is 8.45. The van der Waals surface area contributed by atoms with Crippen molar-refractivity contribution >= 4 is 11.8 Å². The van der Waals surface area contributed by atoms with Crippen molar-refractivity contribution in [1.82, 2.24) is 16.0 Å². The first kappa shape index (κ1) is 26.2. The Bertz CT molecular complexity index is 774. The fourth-order valence-corrected chi connectivity index (χ4v) is 4.34. The van der Waals surface area contributed by atoms with E-state index in [0.717, 1.165) is 50.7 Å². The molecule has 0 aromatic heterocycles. The van der Waals surface area contributed by atoms with Gasteiger partial charge in [0.1, 0.15) is 0 Å². The highest BCUT2D eigenvalue weighted by Crippen LogP contribution is 2.31. The van der Waals surface area contributed by atoms with Crippen molar-refractivity contribution in [2.75, 3.05) is 6.54 Å². The van der Waals surface area contributed by atoms with Crippen molar-refractivity contribution in [3.8, 4) is 0 Å². The van der Waals surface area contributed by atoms with Gasteiger partial charge in [-0.2, -0.15) is 13.2 Å². The maximum absolute atomic E-state index is 12.8. The number of benzene rings is 1. The number of hydrogen-bond donors (Lipinski definition) is 3. The van der Waals surface area contributed by atoms with Crippen molar-refractivity contribution in [2.45, 2.75) is 90.0 Å². The van der Waals surface area contributed by atoms with E-state index in [9.17, 15) is 22.8 Å². The summed E-state index contributed by atoms with van der Waals surface area (Å²) in [6, 6.07) is 4.62. The van der Waals surface area contributed by atoms with E-state index in [4.69, 9.17) is 0 Å². The second-order valence-electron chi connectivity index (χ2n) is 9.74. The summed E-state index contributed by atoms with van der Waals surface area (Å²) in [6.07, 6.45) is 1.48. The van der Waals surface area contributed by atoms with Crippen LogP contribution in [0.5, 0.6) is 0 Å². The van der Waals surface area contributed by atoms with Gasteiger partial charge in [0.05, 0.1) is 12.1 Å². The van der Waals surface area contributed by atoms with Crippen LogP contribution >= 0.6 is 0 Å². The Morgan fingerprint density at radius 2 is 1.84 bits per heavy atom. The summed E-state index contributed by atoms with van der Waals surface area (Å²) in [6.45, 7) is 8.32. The van der Waals surface area contributed by atoms with E-state index in [2.05, 4.69) is 43.6 Å². The molecular formula is C24H36F3N3O2. The van der Waals surface area contributed by atoms with E-state index in [0.29, 0.717) is 12.0 Å². The number of hydrogen-bond acceptors (Lipinski definition) is 3. The molecular weight excluding hydrogens is 419 g/mol. The van der Waals surface area contributed by atoms with Crippen molar-refractivity contribution in [1.29, 1.82) is 0 Å². The number of halogens is 3. The summed E-state index contributed by atoms with van der Waals surface area (Å²) in [5.74, 6) is -0.669. The first-order valence-electron chi connectivity index (χ1n) is 11.4. The average molecular weight is 456 g/mol. The van der Waals surface area contributed by atoms with Crippen molar-refractivity contribution in [3.05, 3.63) is 35.4 Å². The Morgan fingerprint density at radius 3 is 2.47 bits per heavy atom. The van der Waals surface area contributed by atoms with Crippen molar-refractivity contribution < 1.29 is 22.8 Å². The van der Waals surface area contributed by atoms with E-state index in [1.54, 1.807) is 0 Å². The number of nitrogens with one attached hydrogen (secondary N) is 3. The van der Waals surface area contributed by atoms with E-state index in [1.807, 2.05) is 0 Å². The Hall–Kier alpha value is -2.09. The number of alkyl halides is 3. The van der Waals surface area contributed by atoms with Crippen LogP contribution in [-0.4, -0.2) is 36.0 Å². The average Bonchev–Trinajstić information content (AvgIpc) is 2.70. The van der Waals surface area contributed by atoms with Gasteiger partial charge in [-0.25, -0.2) is 0 Å². The lowest BCUT2D eigenvalue weighted by atomic mass is 9.78. The summed E-state index contributed by atoms with van der Waals surface area (Å²) in [4.78, 5) is 24.7. The molecule has 0 unspecified atom stereocenters. The molecule has 3 N–H and O–H groups in total. The van der Waals surface area contributed by atoms with Crippen LogP contribution < -0.4 is 16.0 Å². The highest BCUT2D eigenvalue weighted by molar-refractivity contribution is 5.96. The Labute approximate surface area is 188 Å². The van der Waals surface area contributed by atoms with Crippen LogP contribution in [0.25, 0.3) is 0 Å². The van der Waals surface area contributed by atoms with Crippen LogP contribution in [0.15, 0.2) is 24.3 Å². The van der Waals surface area contributed by atoms with E-state index in [-0.39, 0.29) is 29.6 Å². The van der Waals surface area contributed by atoms with Crippen LogP contribution in [0.1, 0.15) is 82.1 Å². The van der Waals surface area contributed by atoms with E-state index < -0.39 is 17.6 Å². The van der Waals surface area contributed by atoms with E-state index in [1.165, 1.54) is 12.1 Å². The molecule has 1 fully saturated rings. The molecule has 2 amide bonds. The topological polar surface area (TPSA) is 70.2 Å². The molecule has 1 aliphatic carbocycles. The van der Waals surface area contributed by atoms with Crippen LogP contribution in [0, 0.1) is 5.92 Å². The van der Waals surface area contributed by atoms with Crippen LogP contribution in [0.4, 0.5) is 13.2 Å². The van der Waals surface area contributed by atoms with Gasteiger partial charge >= 0.3 is 6.18 Å². The minimum atomic E-state index is -4.53. The highest BCUT2D eigenvalue weighted by Gasteiger charge is 2.33. The first-order valence-corrected chi connectivity index (χ1v) is 11.4. The van der Waals surface area contributed by atoms with Crippen LogP contribution in [-0.2, 0) is 11.0 Å². The molecule has 0 heterocycles. The molecule has 0 bridgehead atoms. The largest absolute Gasteiger partial charge is 0.416 e. The zero-order chi connectivity index (χ0) is 23.9. The highest BCUT2D eigenvalue weighted by atomic mass is 19.4. The molecule has 1 aromatic rings. The normalized spacial score (nSPS) is 21.8. The molecule has 2 rings (SSSR count). The molecule has 0 saturated heterocycles. The number of carbonyl (C=O) groups excluding carboxylic acids is 2. The molecule has 1 saturated carbocycles. The molecule has 1 aliphatic rings. The Kier molecular flexibility index (Phi) is 9.13. The summed E-state index contributed by atoms with van der Waals surface area (Å²) < 4.78 is 38.5. The second kappa shape index (κ2) is 11.2. The molecule has 0 aliphatic heterocycles. The maximum Gasteiger partial charge on any atom is 0.416 e. The summed E-state index contributed by atoms with van der Waals surface area (Å²) in [7, 11) is 0. The van der Waals surface area contributed by atoms with Gasteiger partial charge in [0.15, 0.2) is 0 Å². The second-order valence-corrected chi connectivity index (χ2v) is 9.74. The quantitative estimate of drug-likeness (QED) is 0.534. The van der Waals surface area contributed by atoms with Gasteiger partial charge < -0.3 is 16.0 Å². The molecule has 0 radical (unpaired) electrons. The molecule has 3 atom stereocenters. The fourth-order valence-electron chi connectivity index (χ4n) is 4.34. The lowest BCUT2D eigenvalue weighted by Crippen LogP contribution is -2.52. The fraction of sp³-hybridized carbons (Fsp3) is 0.667. The third-order valence-electron chi connectivity index (χ3n) is 5.76. The lowest BCUT2D eigenvalue weighted by Gasteiger charge is -2.40. The zero-order valence-electron chi connectivity index (χ0n) is 19.4. The van der Waals surface area contributed by atoms with Gasteiger partial charge in [-0.1, -0.05) is 25.8 Å². The zero-order valence-corrected chi connectivity index (χ0v) is 19.4. The minimum absolute atomic E-state index is 0.0315. The predicted octanol–water partition coefficient (Wildman–Crippen LogP) is 4.67. The SMILES string of the molecule is CCCC[C@@H]1C[C@H](NC(C)(C)C)CC[C@@H]1NC(=O)CNC(=O)c1cccc(C(F)(F)F)c1. The molecule has 8 heteroatoms. The predicted molar refractivity (Wildman–Crippen MR) is 119 cm³/mol. The molecule has 0 spiro atoms. The molecule has 5 nitrogen and oxygen atoms in total. The van der Waals surface area contributed by atoms with Gasteiger partial charge in [0.2, 0.25) is 5.91 Å². The Morgan fingerprint density at radius 1 is 1.12 bits per heavy atom. The van der Waals surface area contributed by atoms with E-state index >= 15 is 0 Å². The maximum atomic E-state index is 12.8. The van der Waals surface area contributed by atoms with Gasteiger partial charge in [0.25, 0.3) is 5.91 Å². The van der Waals surface area contributed by atoms with Crippen LogP contribution in [0.3, 0.4) is 0 Å². The van der Waals surface area contributed by atoms with Gasteiger partial charge in [-0.15, -0.1) is 0 Å². The summed E-state index contributed by atoms with van der Waals surface area (Å²) >= 11 is 0. The summed E-state index contributed by atoms with van der Waals surface area (Å²) in [5.41, 5.74) is -0.986. The third-order valence-corrected chi connectivity index (χ3v) is 5.76. The molecule has 1 aromatic carbocycles. The monoisotopic (exact) mass is 455 g/mol. The Balaban J connectivity index is 1.91. The smallest absolute Gasteiger partial charge is 0.352 e. The van der Waals surface area contributed by atoms with Crippen molar-refractivity contribution in [2.24, 2.45) is 5.92 Å². The van der Waals surface area contributed by atoms with Crippen LogP contribution in [0.2, 0.25) is 0 Å².